The summed E-state index contributed by atoms with van der Waals surface area (Å²) in [5.41, 5.74) is -0.459. The van der Waals surface area contributed by atoms with Gasteiger partial charge in [-0.05, 0) is 62.5 Å². The molecular weight excluding hydrogens is 355 g/mol. The maximum atomic E-state index is 12.7. The zero-order valence-electron chi connectivity index (χ0n) is 12.6. The molecule has 4 saturated carbocycles. The van der Waals surface area contributed by atoms with Crippen molar-refractivity contribution >= 4 is 46.3 Å². The molecule has 1 aromatic heterocycles. The molecule has 3 nitrogen and oxygen atoms in total. The molecule has 0 aromatic carbocycles. The van der Waals surface area contributed by atoms with Crippen LogP contribution in [0.5, 0.6) is 0 Å². The van der Waals surface area contributed by atoms with Gasteiger partial charge < -0.3 is 4.74 Å². The van der Waals surface area contributed by atoms with Crippen LogP contribution in [0.1, 0.15) is 48.2 Å². The monoisotopic (exact) mass is 372 g/mol. The number of ether oxygens (including phenoxy) is 1. The number of carbonyl (C=O) groups is 2. The second-order valence-corrected chi connectivity index (χ2v) is 10.0. The van der Waals surface area contributed by atoms with Crippen LogP contribution < -0.4 is 0 Å². The number of hydrogen-bond acceptors (Lipinski definition) is 4. The number of halogens is 2. The molecule has 0 N–H and O–H groups in total. The van der Waals surface area contributed by atoms with Gasteiger partial charge in [-0.3, -0.25) is 9.59 Å². The average Bonchev–Trinajstić information content (AvgIpc) is 2.88. The molecule has 0 aliphatic heterocycles. The fourth-order valence-corrected chi connectivity index (χ4v) is 6.87. The van der Waals surface area contributed by atoms with E-state index in [1.807, 2.05) is 0 Å². The Bertz CT molecular complexity index is 655. The summed E-state index contributed by atoms with van der Waals surface area (Å²) >= 11 is 13.8. The third-order valence-corrected chi connectivity index (χ3v) is 7.32. The number of thiophene rings is 1. The maximum Gasteiger partial charge on any atom is 0.312 e. The Morgan fingerprint density at radius 1 is 1.22 bits per heavy atom. The molecule has 4 aliphatic carbocycles. The van der Waals surface area contributed by atoms with Gasteiger partial charge in [0.25, 0.3) is 0 Å². The van der Waals surface area contributed by atoms with Crippen molar-refractivity contribution in [1.29, 1.82) is 0 Å². The van der Waals surface area contributed by atoms with Crippen LogP contribution in [0.3, 0.4) is 0 Å². The lowest BCUT2D eigenvalue weighted by Crippen LogP contribution is -2.56. The summed E-state index contributed by atoms with van der Waals surface area (Å²) < 4.78 is 5.97. The molecule has 124 valence electrons. The molecule has 0 spiro atoms. The molecule has 0 amide bonds. The molecule has 1 heterocycles. The van der Waals surface area contributed by atoms with Gasteiger partial charge in [0, 0.05) is 4.87 Å². The first-order chi connectivity index (χ1) is 10.9. The van der Waals surface area contributed by atoms with Gasteiger partial charge >= 0.3 is 5.97 Å². The van der Waals surface area contributed by atoms with Crippen LogP contribution in [-0.4, -0.2) is 23.2 Å². The largest absolute Gasteiger partial charge is 0.457 e. The van der Waals surface area contributed by atoms with Gasteiger partial charge in [-0.15, -0.1) is 22.9 Å². The molecule has 23 heavy (non-hydrogen) atoms. The number of carbonyl (C=O) groups excluding carboxylic acids is 2. The van der Waals surface area contributed by atoms with E-state index in [0.717, 1.165) is 25.7 Å². The minimum atomic E-state index is -0.459. The molecule has 1 aromatic rings. The van der Waals surface area contributed by atoms with E-state index in [1.54, 1.807) is 12.1 Å². The lowest BCUT2D eigenvalue weighted by molar-refractivity contribution is -0.168. The van der Waals surface area contributed by atoms with Crippen LogP contribution in [0.2, 0.25) is 4.34 Å². The Hall–Kier alpha value is -0.580. The SMILES string of the molecule is O=C(COC(=O)C12C[C@@H]3C[C@@H](CC(Cl)(C3)C1)C2)c1ccc(Cl)s1. The van der Waals surface area contributed by atoms with Crippen molar-refractivity contribution in [3.8, 4) is 0 Å². The second-order valence-electron chi connectivity index (χ2n) is 7.50. The second kappa shape index (κ2) is 5.47. The number of ketones is 1. The summed E-state index contributed by atoms with van der Waals surface area (Å²) in [4.78, 5) is 25.1. The van der Waals surface area contributed by atoms with Crippen LogP contribution in [0, 0.1) is 17.3 Å². The minimum absolute atomic E-state index is 0.194. The Kier molecular flexibility index (Phi) is 3.78. The van der Waals surface area contributed by atoms with E-state index in [0.29, 0.717) is 27.5 Å². The molecule has 4 atom stereocenters. The summed E-state index contributed by atoms with van der Waals surface area (Å²) in [6, 6.07) is 3.35. The van der Waals surface area contributed by atoms with Gasteiger partial charge in [0.1, 0.15) is 0 Å². The Labute approximate surface area is 149 Å². The number of alkyl halides is 1. The zero-order chi connectivity index (χ0) is 16.2. The van der Waals surface area contributed by atoms with E-state index in [9.17, 15) is 9.59 Å². The van der Waals surface area contributed by atoms with Crippen molar-refractivity contribution in [2.75, 3.05) is 6.61 Å². The van der Waals surface area contributed by atoms with Crippen LogP contribution in [0.4, 0.5) is 0 Å². The van der Waals surface area contributed by atoms with Gasteiger partial charge in [0.05, 0.1) is 14.6 Å². The van der Waals surface area contributed by atoms with Crippen LogP contribution in [0.15, 0.2) is 12.1 Å². The van der Waals surface area contributed by atoms with Crippen LogP contribution in [0.25, 0.3) is 0 Å². The summed E-state index contributed by atoms with van der Waals surface area (Å²) in [5, 5.41) is 0. The van der Waals surface area contributed by atoms with Crippen molar-refractivity contribution < 1.29 is 14.3 Å². The molecule has 4 aliphatic rings. The van der Waals surface area contributed by atoms with Crippen molar-refractivity contribution in [3.63, 3.8) is 0 Å². The average molecular weight is 373 g/mol. The van der Waals surface area contributed by atoms with E-state index < -0.39 is 5.41 Å². The van der Waals surface area contributed by atoms with Gasteiger partial charge in [-0.1, -0.05) is 11.6 Å². The predicted octanol–water partition coefficient (Wildman–Crippen LogP) is 4.71. The topological polar surface area (TPSA) is 43.4 Å². The summed E-state index contributed by atoms with van der Waals surface area (Å²) in [6.45, 7) is -0.206. The van der Waals surface area contributed by atoms with E-state index in [-0.39, 0.29) is 23.2 Å². The first-order valence-corrected chi connectivity index (χ1v) is 9.59. The van der Waals surface area contributed by atoms with E-state index in [2.05, 4.69) is 0 Å². The standard InChI is InChI=1S/C17H18Cl2O3S/c18-14-2-1-13(23-14)12(20)8-22-15(21)16-4-10-3-11(5-16)7-17(19,6-10)9-16/h1-2,10-11H,3-9H2/t10-,11+,16?,17?. The van der Waals surface area contributed by atoms with Gasteiger partial charge in [0.15, 0.2) is 6.61 Å². The van der Waals surface area contributed by atoms with Crippen LogP contribution in [-0.2, 0) is 9.53 Å². The summed E-state index contributed by atoms with van der Waals surface area (Å²) in [5.74, 6) is 0.648. The Morgan fingerprint density at radius 2 is 1.91 bits per heavy atom. The maximum absolute atomic E-state index is 12.7. The zero-order valence-corrected chi connectivity index (χ0v) is 15.0. The van der Waals surface area contributed by atoms with Crippen molar-refractivity contribution in [2.24, 2.45) is 17.3 Å². The Balaban J connectivity index is 1.44. The van der Waals surface area contributed by atoms with E-state index in [4.69, 9.17) is 27.9 Å². The third-order valence-electron chi connectivity index (χ3n) is 5.61. The molecule has 4 bridgehead atoms. The smallest absolute Gasteiger partial charge is 0.312 e. The molecule has 4 fully saturated rings. The fraction of sp³-hybridized carbons (Fsp3) is 0.647. The molecular formula is C17H18Cl2O3S. The predicted molar refractivity (Wildman–Crippen MR) is 90.3 cm³/mol. The van der Waals surface area contributed by atoms with Gasteiger partial charge in [-0.25, -0.2) is 0 Å². The lowest BCUT2D eigenvalue weighted by Gasteiger charge is -2.58. The highest BCUT2D eigenvalue weighted by Crippen LogP contribution is 2.64. The Morgan fingerprint density at radius 3 is 2.48 bits per heavy atom. The number of hydrogen-bond donors (Lipinski definition) is 0. The number of esters is 1. The van der Waals surface area contributed by atoms with Gasteiger partial charge in [0.2, 0.25) is 5.78 Å². The number of Topliss-reactive ketones (excluding diaryl/α,β-unsaturated/α-hetero) is 1. The molecule has 2 unspecified atom stereocenters. The molecule has 6 heteroatoms. The van der Waals surface area contributed by atoms with Crippen molar-refractivity contribution in [1.82, 2.24) is 0 Å². The molecule has 0 radical (unpaired) electrons. The molecule has 0 saturated heterocycles. The first-order valence-electron chi connectivity index (χ1n) is 8.02. The van der Waals surface area contributed by atoms with E-state index >= 15 is 0 Å². The lowest BCUT2D eigenvalue weighted by atomic mass is 9.49. The normalized spacial score (nSPS) is 37.8. The first kappa shape index (κ1) is 15.9. The van der Waals surface area contributed by atoms with Crippen LogP contribution >= 0.6 is 34.5 Å². The summed E-state index contributed by atoms with van der Waals surface area (Å²) in [6.07, 6.45) is 5.67. The number of rotatable bonds is 4. The fourth-order valence-electron chi connectivity index (χ4n) is 5.21. The minimum Gasteiger partial charge on any atom is -0.457 e. The van der Waals surface area contributed by atoms with Crippen molar-refractivity contribution in [2.45, 2.75) is 43.4 Å². The third kappa shape index (κ3) is 2.83. The van der Waals surface area contributed by atoms with E-state index in [1.165, 1.54) is 17.8 Å². The quantitative estimate of drug-likeness (QED) is 0.436. The highest BCUT2D eigenvalue weighted by Gasteiger charge is 2.60. The van der Waals surface area contributed by atoms with Crippen molar-refractivity contribution in [3.05, 3.63) is 21.3 Å². The highest BCUT2D eigenvalue weighted by molar-refractivity contribution is 7.18. The van der Waals surface area contributed by atoms with Gasteiger partial charge in [-0.2, -0.15) is 0 Å². The molecule has 5 rings (SSSR count). The highest BCUT2D eigenvalue weighted by atomic mass is 35.5. The summed E-state index contributed by atoms with van der Waals surface area (Å²) in [7, 11) is 0.